The van der Waals surface area contributed by atoms with Gasteiger partial charge in [0.2, 0.25) is 31.9 Å². The number of sulfonamides is 2. The van der Waals surface area contributed by atoms with Gasteiger partial charge in [0.05, 0.1) is 29.1 Å². The van der Waals surface area contributed by atoms with Gasteiger partial charge in [-0.3, -0.25) is 14.6 Å². The van der Waals surface area contributed by atoms with Gasteiger partial charge in [0.15, 0.2) is 0 Å². The second kappa shape index (κ2) is 13.3. The molecule has 0 spiro atoms. The number of pyridine rings is 1. The lowest BCUT2D eigenvalue weighted by Crippen LogP contribution is -2.40. The first-order valence-corrected chi connectivity index (χ1v) is 15.7. The first-order chi connectivity index (χ1) is 19.5. The van der Waals surface area contributed by atoms with E-state index in [0.717, 1.165) is 17.5 Å². The van der Waals surface area contributed by atoms with Crippen molar-refractivity contribution < 1.29 is 39.6 Å². The molecule has 1 aromatic carbocycles. The standard InChI is InChI=1S/C26H32F3N5O6S2/c1-4-41(37,38)31-14-20-11-12-34(16-20)42(39,40)23-9-5-19(6-10-23)13-24(35)33(18-25(36)32(2)3)17-22-8-7-21(15-30-22)26(27,28)29/h4-10,15,20,31H,1,11-14,16-18H2,2-3H3. The van der Waals surface area contributed by atoms with Crippen LogP contribution in [0.1, 0.15) is 23.2 Å². The van der Waals surface area contributed by atoms with Crippen LogP contribution in [0.3, 0.4) is 0 Å². The van der Waals surface area contributed by atoms with Gasteiger partial charge in [0.1, 0.15) is 6.54 Å². The lowest BCUT2D eigenvalue weighted by atomic mass is 10.1. The van der Waals surface area contributed by atoms with Crippen LogP contribution in [-0.4, -0.2) is 88.0 Å². The van der Waals surface area contributed by atoms with Crippen LogP contribution < -0.4 is 4.72 Å². The summed E-state index contributed by atoms with van der Waals surface area (Å²) in [5, 5.41) is 0.785. The molecule has 1 aromatic heterocycles. The van der Waals surface area contributed by atoms with Crippen LogP contribution in [0.5, 0.6) is 0 Å². The van der Waals surface area contributed by atoms with E-state index in [4.69, 9.17) is 0 Å². The number of alkyl halides is 3. The zero-order chi connectivity index (χ0) is 31.3. The Labute approximate surface area is 243 Å². The van der Waals surface area contributed by atoms with Crippen molar-refractivity contribution in [2.75, 3.05) is 40.3 Å². The van der Waals surface area contributed by atoms with Gasteiger partial charge in [-0.1, -0.05) is 18.7 Å². The number of amides is 2. The van der Waals surface area contributed by atoms with E-state index in [2.05, 4.69) is 16.3 Å². The fraction of sp³-hybridized carbons (Fsp3) is 0.423. The summed E-state index contributed by atoms with van der Waals surface area (Å²) in [6.45, 7) is 3.11. The number of likely N-dealkylation sites (N-methyl/N-ethyl adjacent to an activating group) is 1. The molecule has 16 heteroatoms. The molecule has 0 bridgehead atoms. The lowest BCUT2D eigenvalue weighted by molar-refractivity contribution is -0.139. The summed E-state index contributed by atoms with van der Waals surface area (Å²) in [6, 6.07) is 7.65. The number of nitrogens with one attached hydrogen (secondary N) is 1. The molecule has 0 radical (unpaired) electrons. The first kappa shape index (κ1) is 33.2. The van der Waals surface area contributed by atoms with Crippen molar-refractivity contribution in [3.8, 4) is 0 Å². The van der Waals surface area contributed by atoms with Crippen molar-refractivity contribution in [2.45, 2.75) is 30.5 Å². The van der Waals surface area contributed by atoms with Gasteiger partial charge in [0.25, 0.3) is 0 Å². The maximum absolute atomic E-state index is 13.1. The number of aromatic nitrogens is 1. The number of nitrogens with zero attached hydrogens (tertiary/aromatic N) is 4. The highest BCUT2D eigenvalue weighted by atomic mass is 32.2. The molecule has 11 nitrogen and oxygen atoms in total. The van der Waals surface area contributed by atoms with Gasteiger partial charge in [-0.15, -0.1) is 0 Å². The molecule has 1 aliphatic heterocycles. The molecule has 1 atom stereocenters. The second-order valence-corrected chi connectivity index (χ2v) is 13.6. The van der Waals surface area contributed by atoms with E-state index < -0.39 is 43.6 Å². The van der Waals surface area contributed by atoms with Gasteiger partial charge >= 0.3 is 6.18 Å². The fourth-order valence-electron chi connectivity index (χ4n) is 4.11. The van der Waals surface area contributed by atoms with Gasteiger partial charge < -0.3 is 9.80 Å². The molecule has 42 heavy (non-hydrogen) atoms. The minimum atomic E-state index is -4.57. The molecule has 1 fully saturated rings. The van der Waals surface area contributed by atoms with Crippen molar-refractivity contribution in [3.63, 3.8) is 0 Å². The molecule has 1 N–H and O–H groups in total. The highest BCUT2D eigenvalue weighted by Gasteiger charge is 2.33. The highest BCUT2D eigenvalue weighted by Crippen LogP contribution is 2.28. The van der Waals surface area contributed by atoms with E-state index in [1.807, 2.05) is 0 Å². The summed E-state index contributed by atoms with van der Waals surface area (Å²) in [4.78, 5) is 31.7. The molecule has 2 aromatic rings. The minimum absolute atomic E-state index is 0.000354. The fourth-order valence-corrected chi connectivity index (χ4v) is 6.22. The Morgan fingerprint density at radius 3 is 2.31 bits per heavy atom. The van der Waals surface area contributed by atoms with Gasteiger partial charge in [-0.05, 0) is 42.2 Å². The molecule has 1 unspecified atom stereocenters. The van der Waals surface area contributed by atoms with E-state index in [1.165, 1.54) is 52.5 Å². The maximum atomic E-state index is 13.1. The Morgan fingerprint density at radius 2 is 1.76 bits per heavy atom. The average Bonchev–Trinajstić information content (AvgIpc) is 3.42. The van der Waals surface area contributed by atoms with Crippen molar-refractivity contribution in [1.82, 2.24) is 23.8 Å². The van der Waals surface area contributed by atoms with Gasteiger partial charge in [-0.25, -0.2) is 21.6 Å². The number of halogens is 3. The zero-order valence-corrected chi connectivity index (χ0v) is 24.7. The molecule has 2 heterocycles. The molecule has 1 saturated heterocycles. The zero-order valence-electron chi connectivity index (χ0n) is 23.0. The second-order valence-electron chi connectivity index (χ2n) is 9.97. The number of carbonyl (C=O) groups excluding carboxylic acids is 2. The average molecular weight is 632 g/mol. The molecule has 3 rings (SSSR count). The van der Waals surface area contributed by atoms with E-state index in [-0.39, 0.29) is 55.7 Å². The first-order valence-electron chi connectivity index (χ1n) is 12.7. The summed E-state index contributed by atoms with van der Waals surface area (Å²) in [7, 11) is -4.48. The molecule has 2 amide bonds. The van der Waals surface area contributed by atoms with Crippen molar-refractivity contribution in [2.24, 2.45) is 5.92 Å². The molecule has 1 aliphatic rings. The highest BCUT2D eigenvalue weighted by molar-refractivity contribution is 7.92. The summed E-state index contributed by atoms with van der Waals surface area (Å²) < 4.78 is 91.7. The van der Waals surface area contributed by atoms with Crippen LogP contribution in [0.15, 0.2) is 59.5 Å². The summed E-state index contributed by atoms with van der Waals surface area (Å²) in [5.74, 6) is -1.12. The maximum Gasteiger partial charge on any atom is 0.417 e. The quantitative estimate of drug-likeness (QED) is 0.378. The van der Waals surface area contributed by atoms with Crippen LogP contribution in [0.4, 0.5) is 13.2 Å². The monoisotopic (exact) mass is 631 g/mol. The van der Waals surface area contributed by atoms with Gasteiger partial charge in [-0.2, -0.15) is 17.5 Å². The van der Waals surface area contributed by atoms with Crippen LogP contribution in [-0.2, 0) is 48.8 Å². The Morgan fingerprint density at radius 1 is 1.10 bits per heavy atom. The summed E-state index contributed by atoms with van der Waals surface area (Å²) >= 11 is 0. The third-order valence-electron chi connectivity index (χ3n) is 6.64. The van der Waals surface area contributed by atoms with Crippen LogP contribution in [0.25, 0.3) is 0 Å². The largest absolute Gasteiger partial charge is 0.417 e. The third kappa shape index (κ3) is 8.83. The van der Waals surface area contributed by atoms with Crippen LogP contribution >= 0.6 is 0 Å². The van der Waals surface area contributed by atoms with Crippen LogP contribution in [0.2, 0.25) is 0 Å². The Bertz CT molecular complexity index is 1500. The molecular formula is C26H32F3N5O6S2. The summed E-state index contributed by atoms with van der Waals surface area (Å²) in [6.07, 6.45) is -3.63. The predicted molar refractivity (Wildman–Crippen MR) is 147 cm³/mol. The predicted octanol–water partition coefficient (Wildman–Crippen LogP) is 1.83. The van der Waals surface area contributed by atoms with Crippen molar-refractivity contribution in [1.29, 1.82) is 0 Å². The van der Waals surface area contributed by atoms with Gasteiger partial charge in [0, 0.05) is 45.3 Å². The Hall–Kier alpha value is -3.34. The number of hydrogen-bond donors (Lipinski definition) is 1. The number of benzene rings is 1. The van der Waals surface area contributed by atoms with E-state index >= 15 is 0 Å². The summed E-state index contributed by atoms with van der Waals surface area (Å²) in [5.41, 5.74) is -0.324. The minimum Gasteiger partial charge on any atom is -0.347 e. The molecular weight excluding hydrogens is 599 g/mol. The Balaban J connectivity index is 1.68. The van der Waals surface area contributed by atoms with Crippen molar-refractivity contribution >= 4 is 31.9 Å². The topological polar surface area (TPSA) is 137 Å². The lowest BCUT2D eigenvalue weighted by Gasteiger charge is -2.24. The van der Waals surface area contributed by atoms with Crippen molar-refractivity contribution in [3.05, 3.63) is 71.4 Å². The van der Waals surface area contributed by atoms with E-state index in [1.54, 1.807) is 0 Å². The number of carbonyl (C=O) groups is 2. The molecule has 230 valence electrons. The van der Waals surface area contributed by atoms with E-state index in [9.17, 15) is 39.6 Å². The van der Waals surface area contributed by atoms with E-state index in [0.29, 0.717) is 18.2 Å². The smallest absolute Gasteiger partial charge is 0.347 e. The number of hydrogen-bond acceptors (Lipinski definition) is 7. The third-order valence-corrected chi connectivity index (χ3v) is 9.53. The molecule has 0 aliphatic carbocycles. The number of rotatable bonds is 12. The molecule has 0 saturated carbocycles. The SMILES string of the molecule is C=CS(=O)(=O)NCC1CCN(S(=O)(=O)c2ccc(CC(=O)N(CC(=O)N(C)C)Cc3ccc(C(F)(F)F)cn3)cc2)C1. The van der Waals surface area contributed by atoms with Crippen LogP contribution in [0, 0.1) is 5.92 Å². The Kier molecular flexibility index (Phi) is 10.5. The normalized spacial score (nSPS) is 16.3.